The third-order valence-corrected chi connectivity index (χ3v) is 5.35. The smallest absolute Gasteiger partial charge is 0.362 e. The average Bonchev–Trinajstić information content (AvgIpc) is 2.99. The number of rotatable bonds is 6. The molecule has 7 heteroatoms. The number of benzene rings is 1. The Hall–Kier alpha value is -1.41. The number of hydrogen-bond acceptors (Lipinski definition) is 5. The van der Waals surface area contributed by atoms with Crippen molar-refractivity contribution in [2.45, 2.75) is 31.7 Å². The Morgan fingerprint density at radius 2 is 2.17 bits per heavy atom. The molecular formula is C16H19NO4S2. The van der Waals surface area contributed by atoms with Crippen molar-refractivity contribution in [3.63, 3.8) is 0 Å². The van der Waals surface area contributed by atoms with Crippen molar-refractivity contribution in [2.24, 2.45) is 0 Å². The molecule has 1 aromatic heterocycles. The van der Waals surface area contributed by atoms with Gasteiger partial charge in [-0.25, -0.2) is 0 Å². The van der Waals surface area contributed by atoms with Crippen molar-refractivity contribution in [3.05, 3.63) is 51.7 Å². The zero-order chi connectivity index (χ0) is 16.3. The van der Waals surface area contributed by atoms with Gasteiger partial charge in [0.15, 0.2) is 0 Å². The summed E-state index contributed by atoms with van der Waals surface area (Å²) in [5, 5.41) is 5.65. The summed E-state index contributed by atoms with van der Waals surface area (Å²) in [6, 6.07) is 9.90. The summed E-state index contributed by atoms with van der Waals surface area (Å²) in [5.74, 6) is 0.238. The second-order valence-electron chi connectivity index (χ2n) is 5.63. The van der Waals surface area contributed by atoms with Crippen LogP contribution in [0.1, 0.15) is 22.4 Å². The summed E-state index contributed by atoms with van der Waals surface area (Å²) in [7, 11) is -4.48. The minimum Gasteiger partial charge on any atom is -0.362 e. The second kappa shape index (κ2) is 7.00. The molecule has 0 saturated heterocycles. The molecule has 0 aliphatic heterocycles. The standard InChI is InChI=1S/C16H19NO4S2/c18-23(19,20)21-16-5-1-3-12-11-13(6-7-15(12)16)17-9-8-14-4-2-10-22-14/h1-5,10,13,17H,6-9,11H2,(H,18,19,20)/t13-/m0/s1. The van der Waals surface area contributed by atoms with Gasteiger partial charge in [-0.3, -0.25) is 4.55 Å². The van der Waals surface area contributed by atoms with E-state index in [4.69, 9.17) is 4.55 Å². The fourth-order valence-corrected chi connectivity index (χ4v) is 4.08. The summed E-state index contributed by atoms with van der Waals surface area (Å²) in [4.78, 5) is 1.37. The van der Waals surface area contributed by atoms with Crippen LogP contribution in [0.3, 0.4) is 0 Å². The maximum atomic E-state index is 10.9. The highest BCUT2D eigenvalue weighted by Crippen LogP contribution is 2.30. The van der Waals surface area contributed by atoms with Crippen LogP contribution in [0.25, 0.3) is 0 Å². The van der Waals surface area contributed by atoms with Crippen LogP contribution in [0.4, 0.5) is 0 Å². The minimum atomic E-state index is -4.48. The van der Waals surface area contributed by atoms with Gasteiger partial charge < -0.3 is 9.50 Å². The van der Waals surface area contributed by atoms with Gasteiger partial charge in [0.1, 0.15) is 5.75 Å². The van der Waals surface area contributed by atoms with E-state index in [-0.39, 0.29) is 5.75 Å². The zero-order valence-electron chi connectivity index (χ0n) is 12.6. The van der Waals surface area contributed by atoms with E-state index in [1.807, 2.05) is 6.07 Å². The quantitative estimate of drug-likeness (QED) is 0.781. The van der Waals surface area contributed by atoms with Crippen LogP contribution < -0.4 is 9.50 Å². The van der Waals surface area contributed by atoms with E-state index in [1.54, 1.807) is 23.5 Å². The Balaban J connectivity index is 1.61. The van der Waals surface area contributed by atoms with Crippen LogP contribution in [0.2, 0.25) is 0 Å². The topological polar surface area (TPSA) is 75.6 Å². The van der Waals surface area contributed by atoms with Crippen LogP contribution in [0, 0.1) is 0 Å². The molecule has 1 heterocycles. The maximum Gasteiger partial charge on any atom is 0.446 e. The molecule has 1 aliphatic rings. The average molecular weight is 353 g/mol. The number of thiophene rings is 1. The fourth-order valence-electron chi connectivity index (χ4n) is 2.99. The number of fused-ring (bicyclic) bond motifs is 1. The highest BCUT2D eigenvalue weighted by Gasteiger charge is 2.22. The van der Waals surface area contributed by atoms with E-state index in [9.17, 15) is 8.42 Å². The van der Waals surface area contributed by atoms with Gasteiger partial charge in [-0.05, 0) is 54.3 Å². The first-order chi connectivity index (χ1) is 11.0. The molecule has 2 N–H and O–H groups in total. The first kappa shape index (κ1) is 16.4. The molecule has 1 aliphatic carbocycles. The van der Waals surface area contributed by atoms with Crippen LogP contribution in [0.5, 0.6) is 5.75 Å². The number of nitrogens with one attached hydrogen (secondary N) is 1. The molecule has 0 bridgehead atoms. The predicted molar refractivity (Wildman–Crippen MR) is 90.5 cm³/mol. The first-order valence-corrected chi connectivity index (χ1v) is 9.79. The van der Waals surface area contributed by atoms with E-state index >= 15 is 0 Å². The van der Waals surface area contributed by atoms with Crippen molar-refractivity contribution in [2.75, 3.05) is 6.54 Å². The third kappa shape index (κ3) is 4.54. The van der Waals surface area contributed by atoms with Gasteiger partial charge in [-0.15, -0.1) is 11.3 Å². The Labute approximate surface area is 140 Å². The minimum absolute atomic E-state index is 0.238. The monoisotopic (exact) mass is 353 g/mol. The summed E-state index contributed by atoms with van der Waals surface area (Å²) in [6.07, 6.45) is 3.51. The summed E-state index contributed by atoms with van der Waals surface area (Å²) in [5.41, 5.74) is 1.95. The van der Waals surface area contributed by atoms with Crippen LogP contribution in [0.15, 0.2) is 35.7 Å². The van der Waals surface area contributed by atoms with Gasteiger partial charge in [0.25, 0.3) is 0 Å². The molecule has 23 heavy (non-hydrogen) atoms. The number of hydrogen-bond donors (Lipinski definition) is 2. The summed E-state index contributed by atoms with van der Waals surface area (Å²) in [6.45, 7) is 0.932. The van der Waals surface area contributed by atoms with Gasteiger partial charge in [0, 0.05) is 17.5 Å². The van der Waals surface area contributed by atoms with Crippen LogP contribution in [-0.2, 0) is 29.7 Å². The first-order valence-electron chi connectivity index (χ1n) is 7.55. The zero-order valence-corrected chi connectivity index (χ0v) is 14.2. The molecule has 1 aromatic carbocycles. The van der Waals surface area contributed by atoms with E-state index in [1.165, 1.54) is 4.88 Å². The van der Waals surface area contributed by atoms with Gasteiger partial charge in [-0.2, -0.15) is 8.42 Å². The lowest BCUT2D eigenvalue weighted by Gasteiger charge is -2.26. The van der Waals surface area contributed by atoms with E-state index < -0.39 is 10.4 Å². The lowest BCUT2D eigenvalue weighted by atomic mass is 9.87. The predicted octanol–water partition coefficient (Wildman–Crippen LogP) is 2.62. The Morgan fingerprint density at radius 3 is 2.91 bits per heavy atom. The van der Waals surface area contributed by atoms with Crippen LogP contribution >= 0.6 is 11.3 Å². The van der Waals surface area contributed by atoms with Crippen molar-refractivity contribution in [1.29, 1.82) is 0 Å². The van der Waals surface area contributed by atoms with E-state index in [2.05, 4.69) is 27.0 Å². The van der Waals surface area contributed by atoms with Crippen LogP contribution in [-0.4, -0.2) is 25.6 Å². The summed E-state index contributed by atoms with van der Waals surface area (Å²) >= 11 is 1.77. The lowest BCUT2D eigenvalue weighted by molar-refractivity contribution is 0.382. The molecule has 3 rings (SSSR count). The fraction of sp³-hybridized carbons (Fsp3) is 0.375. The SMILES string of the molecule is O=S(=O)(O)Oc1cccc2c1CC[C@H](NCCc1cccs1)C2. The van der Waals surface area contributed by atoms with Crippen molar-refractivity contribution in [3.8, 4) is 5.75 Å². The van der Waals surface area contributed by atoms with Gasteiger partial charge in [0.05, 0.1) is 0 Å². The maximum absolute atomic E-state index is 10.9. The largest absolute Gasteiger partial charge is 0.446 e. The Bertz CT molecular complexity index is 756. The molecule has 0 amide bonds. The molecule has 0 radical (unpaired) electrons. The molecule has 5 nitrogen and oxygen atoms in total. The Kier molecular flexibility index (Phi) is 5.01. The van der Waals surface area contributed by atoms with Gasteiger partial charge in [-0.1, -0.05) is 18.2 Å². The molecule has 1 atom stereocenters. The van der Waals surface area contributed by atoms with Gasteiger partial charge in [0.2, 0.25) is 0 Å². The second-order valence-corrected chi connectivity index (χ2v) is 7.68. The van der Waals surface area contributed by atoms with E-state index in [0.29, 0.717) is 6.04 Å². The molecule has 124 valence electrons. The third-order valence-electron chi connectivity index (χ3n) is 4.02. The highest BCUT2D eigenvalue weighted by molar-refractivity contribution is 7.81. The van der Waals surface area contributed by atoms with Crippen molar-refractivity contribution < 1.29 is 17.2 Å². The van der Waals surface area contributed by atoms with Crippen molar-refractivity contribution in [1.82, 2.24) is 5.32 Å². The van der Waals surface area contributed by atoms with Gasteiger partial charge >= 0.3 is 10.4 Å². The van der Waals surface area contributed by atoms with E-state index in [0.717, 1.165) is 43.4 Å². The molecule has 0 fully saturated rings. The molecule has 0 saturated carbocycles. The normalized spacial score (nSPS) is 17.7. The molecule has 2 aromatic rings. The molecular weight excluding hydrogens is 334 g/mol. The Morgan fingerprint density at radius 1 is 1.30 bits per heavy atom. The highest BCUT2D eigenvalue weighted by atomic mass is 32.3. The van der Waals surface area contributed by atoms with Crippen molar-refractivity contribution >= 4 is 21.7 Å². The molecule has 0 unspecified atom stereocenters. The lowest BCUT2D eigenvalue weighted by Crippen LogP contribution is -2.35. The summed E-state index contributed by atoms with van der Waals surface area (Å²) < 4.78 is 35.4. The molecule has 0 spiro atoms.